The highest BCUT2D eigenvalue weighted by Crippen LogP contribution is 2.12. The molecule has 0 bridgehead atoms. The first-order valence-electron chi connectivity index (χ1n) is 6.91. The Balaban J connectivity index is 4.40. The molecule has 0 fully saturated rings. The second kappa shape index (κ2) is 8.87. The minimum Gasteiger partial charge on any atom is -0.392 e. The highest BCUT2D eigenvalue weighted by atomic mass is 32.1. The Hall–Kier alpha value is -0.150. The van der Waals surface area contributed by atoms with Crippen molar-refractivity contribution < 1.29 is 0 Å². The summed E-state index contributed by atoms with van der Waals surface area (Å²) in [7, 11) is 0. The average Bonchev–Trinajstić information content (AvgIpc) is 2.21. The molecule has 1 atom stereocenters. The van der Waals surface area contributed by atoms with Crippen LogP contribution in [0.25, 0.3) is 0 Å². The molecule has 17 heavy (non-hydrogen) atoms. The summed E-state index contributed by atoms with van der Waals surface area (Å²) in [5.74, 6) is 1.47. The van der Waals surface area contributed by atoms with Gasteiger partial charge in [0.2, 0.25) is 0 Å². The van der Waals surface area contributed by atoms with E-state index in [4.69, 9.17) is 18.0 Å². The maximum atomic E-state index is 5.85. The fourth-order valence-corrected chi connectivity index (χ4v) is 2.23. The normalized spacial score (nSPS) is 13.6. The second-order valence-corrected chi connectivity index (χ2v) is 6.20. The van der Waals surface area contributed by atoms with Crippen LogP contribution in [0.3, 0.4) is 0 Å². The van der Waals surface area contributed by atoms with E-state index in [0.29, 0.717) is 4.99 Å². The van der Waals surface area contributed by atoms with Gasteiger partial charge in [0.15, 0.2) is 0 Å². The van der Waals surface area contributed by atoms with Crippen LogP contribution in [0.15, 0.2) is 0 Å². The highest BCUT2D eigenvalue weighted by Gasteiger charge is 2.19. The van der Waals surface area contributed by atoms with Crippen LogP contribution in [0.2, 0.25) is 0 Å². The molecule has 0 saturated carbocycles. The molecule has 0 radical (unpaired) electrons. The Kier molecular flexibility index (Phi) is 8.79. The molecule has 2 nitrogen and oxygen atoms in total. The van der Waals surface area contributed by atoms with Crippen LogP contribution in [-0.2, 0) is 0 Å². The van der Waals surface area contributed by atoms with Gasteiger partial charge in [0, 0.05) is 0 Å². The number of thiocarbonyl (C=S) groups is 1. The van der Waals surface area contributed by atoms with Gasteiger partial charge >= 0.3 is 0 Å². The molecular formula is C14H30N2S. The lowest BCUT2D eigenvalue weighted by molar-refractivity contribution is 0.212. The molecule has 0 aliphatic rings. The monoisotopic (exact) mass is 258 g/mol. The molecule has 0 rings (SSSR count). The number of hydrogen-bond donors (Lipinski definition) is 1. The van der Waals surface area contributed by atoms with Gasteiger partial charge in [0.05, 0.1) is 11.0 Å². The van der Waals surface area contributed by atoms with E-state index in [2.05, 4.69) is 39.5 Å². The van der Waals surface area contributed by atoms with Crippen LogP contribution in [-0.4, -0.2) is 29.0 Å². The molecule has 0 aliphatic carbocycles. The van der Waals surface area contributed by atoms with Gasteiger partial charge < -0.3 is 5.73 Å². The first-order valence-corrected chi connectivity index (χ1v) is 7.32. The Labute approximate surface area is 113 Å². The molecule has 0 aromatic carbocycles. The minimum absolute atomic E-state index is 0.280. The summed E-state index contributed by atoms with van der Waals surface area (Å²) in [5, 5.41) is 0. The van der Waals surface area contributed by atoms with Gasteiger partial charge in [-0.3, -0.25) is 4.90 Å². The molecule has 1 unspecified atom stereocenters. The molecule has 0 aromatic rings. The van der Waals surface area contributed by atoms with E-state index in [1.807, 2.05) is 0 Å². The largest absolute Gasteiger partial charge is 0.392 e. The molecule has 0 saturated heterocycles. The quantitative estimate of drug-likeness (QED) is 0.642. The smallest absolute Gasteiger partial charge is 0.0901 e. The van der Waals surface area contributed by atoms with Gasteiger partial charge in [-0.15, -0.1) is 0 Å². The average molecular weight is 258 g/mol. The van der Waals surface area contributed by atoms with Crippen molar-refractivity contribution in [1.29, 1.82) is 0 Å². The van der Waals surface area contributed by atoms with E-state index in [1.165, 1.54) is 12.8 Å². The van der Waals surface area contributed by atoms with Crippen LogP contribution < -0.4 is 5.73 Å². The third kappa shape index (κ3) is 7.72. The van der Waals surface area contributed by atoms with E-state index in [1.54, 1.807) is 0 Å². The zero-order chi connectivity index (χ0) is 13.4. The van der Waals surface area contributed by atoms with Gasteiger partial charge in [-0.25, -0.2) is 0 Å². The Bertz CT molecular complexity index is 202. The Morgan fingerprint density at radius 2 is 1.47 bits per heavy atom. The summed E-state index contributed by atoms with van der Waals surface area (Å²) in [4.78, 5) is 3.13. The van der Waals surface area contributed by atoms with E-state index >= 15 is 0 Å². The van der Waals surface area contributed by atoms with Crippen molar-refractivity contribution in [2.75, 3.05) is 13.1 Å². The maximum Gasteiger partial charge on any atom is 0.0901 e. The van der Waals surface area contributed by atoms with Crippen LogP contribution in [0, 0.1) is 11.8 Å². The summed E-state index contributed by atoms with van der Waals surface area (Å²) in [6.45, 7) is 13.5. The van der Waals surface area contributed by atoms with Gasteiger partial charge in [-0.2, -0.15) is 0 Å². The van der Waals surface area contributed by atoms with E-state index in [9.17, 15) is 0 Å². The summed E-state index contributed by atoms with van der Waals surface area (Å²) in [6.07, 6.45) is 3.46. The van der Waals surface area contributed by atoms with E-state index in [-0.39, 0.29) is 6.04 Å². The first-order chi connectivity index (χ1) is 7.88. The summed E-state index contributed by atoms with van der Waals surface area (Å²) >= 11 is 5.19. The number of nitrogens with zero attached hydrogens (tertiary/aromatic N) is 1. The molecule has 3 heteroatoms. The van der Waals surface area contributed by atoms with Crippen molar-refractivity contribution in [3.8, 4) is 0 Å². The van der Waals surface area contributed by atoms with E-state index in [0.717, 1.165) is 31.3 Å². The molecule has 102 valence electrons. The van der Waals surface area contributed by atoms with Gasteiger partial charge in [-0.1, -0.05) is 46.8 Å². The first kappa shape index (κ1) is 16.9. The summed E-state index contributed by atoms with van der Waals surface area (Å²) in [6, 6.07) is 0.280. The molecular weight excluding hydrogens is 228 g/mol. The Morgan fingerprint density at radius 3 is 1.71 bits per heavy atom. The predicted molar refractivity (Wildman–Crippen MR) is 81.3 cm³/mol. The molecule has 2 N–H and O–H groups in total. The van der Waals surface area contributed by atoms with Crippen LogP contribution >= 0.6 is 12.2 Å². The Morgan fingerprint density at radius 1 is 1.06 bits per heavy atom. The highest BCUT2D eigenvalue weighted by molar-refractivity contribution is 7.80. The third-order valence-corrected chi connectivity index (χ3v) is 3.42. The van der Waals surface area contributed by atoms with Crippen molar-refractivity contribution >= 4 is 17.2 Å². The fourth-order valence-electron chi connectivity index (χ4n) is 1.91. The van der Waals surface area contributed by atoms with Crippen molar-refractivity contribution in [2.24, 2.45) is 17.6 Å². The fraction of sp³-hybridized carbons (Fsp3) is 0.929. The van der Waals surface area contributed by atoms with Crippen molar-refractivity contribution in [1.82, 2.24) is 4.90 Å². The lowest BCUT2D eigenvalue weighted by Gasteiger charge is -2.31. The lowest BCUT2D eigenvalue weighted by atomic mass is 10.1. The molecule has 0 amide bonds. The van der Waals surface area contributed by atoms with Gasteiger partial charge in [0.25, 0.3) is 0 Å². The topological polar surface area (TPSA) is 29.3 Å². The minimum atomic E-state index is 0.280. The predicted octanol–water partition coefficient (Wildman–Crippen LogP) is 3.45. The maximum absolute atomic E-state index is 5.85. The number of hydrogen-bond acceptors (Lipinski definition) is 2. The third-order valence-electron chi connectivity index (χ3n) is 3.14. The van der Waals surface area contributed by atoms with Gasteiger partial charge in [-0.05, 0) is 44.2 Å². The van der Waals surface area contributed by atoms with Crippen LogP contribution in [0.1, 0.15) is 53.9 Å². The zero-order valence-corrected chi connectivity index (χ0v) is 13.0. The summed E-state index contributed by atoms with van der Waals surface area (Å²) in [5.41, 5.74) is 5.85. The molecule has 0 aromatic heterocycles. The standard InChI is InChI=1S/C14H30N2S/c1-6-13(14(15)17)16(9-7-11(2)3)10-8-12(4)5/h11-13H,6-10H2,1-5H3,(H2,15,17). The zero-order valence-electron chi connectivity index (χ0n) is 12.2. The molecule has 0 spiro atoms. The summed E-state index contributed by atoms with van der Waals surface area (Å²) < 4.78 is 0. The molecule has 0 heterocycles. The van der Waals surface area contributed by atoms with Crippen molar-refractivity contribution in [2.45, 2.75) is 59.9 Å². The van der Waals surface area contributed by atoms with Crippen molar-refractivity contribution in [3.63, 3.8) is 0 Å². The number of rotatable bonds is 9. The van der Waals surface area contributed by atoms with Crippen LogP contribution in [0.4, 0.5) is 0 Å². The SMILES string of the molecule is CCC(C(N)=S)N(CCC(C)C)CCC(C)C. The van der Waals surface area contributed by atoms with Gasteiger partial charge in [0.1, 0.15) is 0 Å². The van der Waals surface area contributed by atoms with E-state index < -0.39 is 0 Å². The number of nitrogens with two attached hydrogens (primary N) is 1. The molecule has 0 aliphatic heterocycles. The van der Waals surface area contributed by atoms with Crippen molar-refractivity contribution in [3.05, 3.63) is 0 Å². The second-order valence-electron chi connectivity index (χ2n) is 5.73. The van der Waals surface area contributed by atoms with Crippen LogP contribution in [0.5, 0.6) is 0 Å². The lowest BCUT2D eigenvalue weighted by Crippen LogP contribution is -2.45.